The number of aromatic nitrogens is 1. The van der Waals surface area contributed by atoms with Crippen molar-refractivity contribution in [1.29, 1.82) is 0 Å². The number of aryl methyl sites for hydroxylation is 1. The average Bonchev–Trinajstić information content (AvgIpc) is 3.04. The van der Waals surface area contributed by atoms with Crippen molar-refractivity contribution >= 4 is 12.1 Å². The molecule has 0 aliphatic carbocycles. The highest BCUT2D eigenvalue weighted by Crippen LogP contribution is 2.35. The summed E-state index contributed by atoms with van der Waals surface area (Å²) in [6, 6.07) is 6.03. The Morgan fingerprint density at radius 2 is 1.97 bits per heavy atom. The highest BCUT2D eigenvalue weighted by Gasteiger charge is 2.31. The molecule has 0 atom stereocenters. The van der Waals surface area contributed by atoms with Crippen LogP contribution in [0.2, 0.25) is 0 Å². The molecule has 0 bridgehead atoms. The van der Waals surface area contributed by atoms with Gasteiger partial charge >= 0.3 is 0 Å². The largest absolute Gasteiger partial charge is 0.488 e. The number of amides is 1. The number of nitrogens with zero attached hydrogens (tertiary/aromatic N) is 3. The lowest BCUT2D eigenvalue weighted by Gasteiger charge is -2.15. The van der Waals surface area contributed by atoms with Crippen molar-refractivity contribution < 1.29 is 14.3 Å². The molecule has 0 unspecified atom stereocenters. The van der Waals surface area contributed by atoms with Crippen molar-refractivity contribution in [2.24, 2.45) is 4.99 Å². The quantitative estimate of drug-likeness (QED) is 0.654. The van der Waals surface area contributed by atoms with Crippen LogP contribution < -0.4 is 9.47 Å². The van der Waals surface area contributed by atoms with Crippen LogP contribution in [0, 0.1) is 6.92 Å². The van der Waals surface area contributed by atoms with Crippen molar-refractivity contribution in [3.63, 3.8) is 0 Å². The van der Waals surface area contributed by atoms with Crippen molar-refractivity contribution in [2.75, 3.05) is 20.3 Å². The lowest BCUT2D eigenvalue weighted by atomic mass is 9.97. The summed E-state index contributed by atoms with van der Waals surface area (Å²) in [5.74, 6) is 1.13. The van der Waals surface area contributed by atoms with Gasteiger partial charge in [-0.05, 0) is 56.5 Å². The standard InChI is InChI=1S/C23H27N3O3/c1-6-19(13-24-5)26-14-18-10-16(9-15(4)21(18)23(26)27)17-11-20(28-7-2)22(25-12-17)29-8-3/h6,9-13H,7-8,14H2,1-5H3/b19-6+,24-13?. The van der Waals surface area contributed by atoms with Gasteiger partial charge in [-0.1, -0.05) is 12.1 Å². The summed E-state index contributed by atoms with van der Waals surface area (Å²) < 4.78 is 11.3. The SMILES string of the molecule is C/C=C(\C=NC)N1Cc2cc(-c3cnc(OCC)c(OCC)c3)cc(C)c2C1=O. The predicted octanol–water partition coefficient (Wildman–Crippen LogP) is 4.41. The van der Waals surface area contributed by atoms with Crippen molar-refractivity contribution in [3.05, 3.63) is 52.9 Å². The van der Waals surface area contributed by atoms with Gasteiger partial charge in [0.05, 0.1) is 25.5 Å². The molecule has 0 saturated heterocycles. The van der Waals surface area contributed by atoms with Crippen LogP contribution in [0.5, 0.6) is 11.6 Å². The van der Waals surface area contributed by atoms with E-state index in [1.807, 2.05) is 45.9 Å². The third-order valence-corrected chi connectivity index (χ3v) is 4.81. The fourth-order valence-electron chi connectivity index (χ4n) is 3.57. The summed E-state index contributed by atoms with van der Waals surface area (Å²) in [7, 11) is 1.70. The van der Waals surface area contributed by atoms with Crippen LogP contribution in [0.3, 0.4) is 0 Å². The summed E-state index contributed by atoms with van der Waals surface area (Å²) >= 11 is 0. The van der Waals surface area contributed by atoms with E-state index >= 15 is 0 Å². The number of pyridine rings is 1. The van der Waals surface area contributed by atoms with E-state index in [2.05, 4.69) is 16.0 Å². The molecule has 0 fully saturated rings. The lowest BCUT2D eigenvalue weighted by molar-refractivity contribution is 0.0834. The number of hydrogen-bond acceptors (Lipinski definition) is 5. The number of carbonyl (C=O) groups is 1. The summed E-state index contributed by atoms with van der Waals surface area (Å²) in [6.07, 6.45) is 5.40. The fraction of sp³-hybridized carbons (Fsp3) is 0.348. The monoisotopic (exact) mass is 393 g/mol. The molecular weight excluding hydrogens is 366 g/mol. The first-order chi connectivity index (χ1) is 14.0. The topological polar surface area (TPSA) is 64.0 Å². The second-order valence-corrected chi connectivity index (χ2v) is 6.71. The Labute approximate surface area is 171 Å². The van der Waals surface area contributed by atoms with Gasteiger partial charge in [-0.25, -0.2) is 4.98 Å². The first kappa shape index (κ1) is 20.6. The average molecular weight is 393 g/mol. The van der Waals surface area contributed by atoms with Crippen LogP contribution in [-0.4, -0.2) is 42.3 Å². The lowest BCUT2D eigenvalue weighted by Crippen LogP contribution is -2.24. The fourth-order valence-corrected chi connectivity index (χ4v) is 3.57. The van der Waals surface area contributed by atoms with Crippen LogP contribution >= 0.6 is 0 Å². The summed E-state index contributed by atoms with van der Waals surface area (Å²) in [5.41, 5.74) is 5.44. The summed E-state index contributed by atoms with van der Waals surface area (Å²) in [4.78, 5) is 23.2. The Balaban J connectivity index is 2.01. The van der Waals surface area contributed by atoms with Crippen LogP contribution in [0.1, 0.15) is 42.3 Å². The Morgan fingerprint density at radius 1 is 1.21 bits per heavy atom. The van der Waals surface area contributed by atoms with E-state index < -0.39 is 0 Å². The van der Waals surface area contributed by atoms with Crippen LogP contribution in [-0.2, 0) is 6.54 Å². The molecule has 6 heteroatoms. The van der Waals surface area contributed by atoms with Gasteiger partial charge < -0.3 is 14.4 Å². The third-order valence-electron chi connectivity index (χ3n) is 4.81. The first-order valence-corrected chi connectivity index (χ1v) is 9.83. The minimum atomic E-state index is 0.0110. The van der Waals surface area contributed by atoms with E-state index in [9.17, 15) is 4.79 Å². The number of rotatable bonds is 7. The molecule has 0 N–H and O–H groups in total. The second-order valence-electron chi connectivity index (χ2n) is 6.71. The van der Waals surface area contributed by atoms with E-state index in [-0.39, 0.29) is 5.91 Å². The minimum absolute atomic E-state index is 0.0110. The van der Waals surface area contributed by atoms with Crippen LogP contribution in [0.4, 0.5) is 0 Å². The molecule has 2 aromatic rings. The van der Waals surface area contributed by atoms with E-state index in [0.29, 0.717) is 31.4 Å². The number of benzene rings is 1. The molecule has 1 amide bonds. The number of fused-ring (bicyclic) bond motifs is 1. The molecule has 6 nitrogen and oxygen atoms in total. The molecule has 152 valence electrons. The zero-order valence-corrected chi connectivity index (χ0v) is 17.7. The molecule has 1 aliphatic rings. The van der Waals surface area contributed by atoms with E-state index in [1.54, 1.807) is 24.4 Å². The molecule has 1 aromatic carbocycles. The Bertz CT molecular complexity index is 980. The normalized spacial score (nSPS) is 13.9. The second kappa shape index (κ2) is 8.90. The summed E-state index contributed by atoms with van der Waals surface area (Å²) in [6.45, 7) is 9.31. The van der Waals surface area contributed by atoms with Gasteiger partial charge in [0.15, 0.2) is 5.75 Å². The molecule has 0 spiro atoms. The highest BCUT2D eigenvalue weighted by atomic mass is 16.5. The smallest absolute Gasteiger partial charge is 0.259 e. The third kappa shape index (κ3) is 4.01. The molecule has 2 heterocycles. The maximum Gasteiger partial charge on any atom is 0.259 e. The Hall–Kier alpha value is -3.15. The molecule has 29 heavy (non-hydrogen) atoms. The molecule has 0 saturated carbocycles. The van der Waals surface area contributed by atoms with Gasteiger partial charge in [-0.15, -0.1) is 0 Å². The zero-order chi connectivity index (χ0) is 21.0. The number of aliphatic imine (C=N–C) groups is 1. The van der Waals surface area contributed by atoms with Gasteiger partial charge in [0, 0.05) is 30.6 Å². The predicted molar refractivity (Wildman–Crippen MR) is 115 cm³/mol. The van der Waals surface area contributed by atoms with Gasteiger partial charge in [0.1, 0.15) is 0 Å². The van der Waals surface area contributed by atoms with Crippen LogP contribution in [0.25, 0.3) is 11.1 Å². The maximum absolute atomic E-state index is 13.0. The van der Waals surface area contributed by atoms with Crippen molar-refractivity contribution in [3.8, 4) is 22.8 Å². The van der Waals surface area contributed by atoms with E-state index in [0.717, 1.165) is 33.5 Å². The Morgan fingerprint density at radius 3 is 2.62 bits per heavy atom. The summed E-state index contributed by atoms with van der Waals surface area (Å²) in [5, 5.41) is 0. The van der Waals surface area contributed by atoms with E-state index in [4.69, 9.17) is 9.47 Å². The molecule has 1 aliphatic heterocycles. The van der Waals surface area contributed by atoms with Gasteiger partial charge in [0.2, 0.25) is 0 Å². The zero-order valence-electron chi connectivity index (χ0n) is 17.7. The van der Waals surface area contributed by atoms with Gasteiger partial charge in [-0.2, -0.15) is 0 Å². The minimum Gasteiger partial charge on any atom is -0.488 e. The highest BCUT2D eigenvalue weighted by molar-refractivity contribution is 6.04. The number of hydrogen-bond donors (Lipinski definition) is 0. The molecule has 3 rings (SSSR count). The van der Waals surface area contributed by atoms with Gasteiger partial charge in [0.25, 0.3) is 11.8 Å². The Kier molecular flexibility index (Phi) is 6.32. The van der Waals surface area contributed by atoms with Crippen molar-refractivity contribution in [1.82, 2.24) is 9.88 Å². The molecule has 1 aromatic heterocycles. The van der Waals surface area contributed by atoms with Crippen molar-refractivity contribution in [2.45, 2.75) is 34.2 Å². The van der Waals surface area contributed by atoms with E-state index in [1.165, 1.54) is 0 Å². The first-order valence-electron chi connectivity index (χ1n) is 9.83. The molecule has 0 radical (unpaired) electrons. The maximum atomic E-state index is 13.0. The van der Waals surface area contributed by atoms with Gasteiger partial charge in [-0.3, -0.25) is 9.79 Å². The van der Waals surface area contributed by atoms with Crippen LogP contribution in [0.15, 0.2) is 41.2 Å². The number of carbonyl (C=O) groups excluding carboxylic acids is 1. The number of allylic oxidation sites excluding steroid dienone is 2. The molecular formula is C23H27N3O3. The number of ether oxygens (including phenoxy) is 2.